The Labute approximate surface area is 160 Å². The van der Waals surface area contributed by atoms with Crippen LogP contribution in [0.4, 0.5) is 5.69 Å². The Balaban J connectivity index is 2.20. The van der Waals surface area contributed by atoms with E-state index in [2.05, 4.69) is 60.0 Å². The molecule has 26 heavy (non-hydrogen) atoms. The summed E-state index contributed by atoms with van der Waals surface area (Å²) in [6, 6.07) is 17.0. The topological polar surface area (TPSA) is 9.23 Å². The fourth-order valence-corrected chi connectivity index (χ4v) is 3.49. The van der Waals surface area contributed by atoms with Gasteiger partial charge in [0.1, 0.15) is 24.6 Å². The second-order valence-corrected chi connectivity index (χ2v) is 8.68. The normalized spacial score (nSPS) is 12.0. The summed E-state index contributed by atoms with van der Waals surface area (Å²) < 4.78 is 6.81. The van der Waals surface area contributed by atoms with Crippen molar-refractivity contribution in [1.82, 2.24) is 4.48 Å². The van der Waals surface area contributed by atoms with E-state index in [-0.39, 0.29) is 0 Å². The molecule has 2 nitrogen and oxygen atoms in total. The van der Waals surface area contributed by atoms with Gasteiger partial charge >= 0.3 is 0 Å². The van der Waals surface area contributed by atoms with Crippen LogP contribution in [0.25, 0.3) is 0 Å². The van der Waals surface area contributed by atoms with Crippen molar-refractivity contribution < 1.29 is 4.74 Å². The highest BCUT2D eigenvalue weighted by atomic mass is 16.5. The van der Waals surface area contributed by atoms with Crippen LogP contribution < -0.4 is 9.22 Å². The highest BCUT2D eigenvalue weighted by Gasteiger charge is 2.25. The molecule has 0 aliphatic rings. The number of para-hydroxylation sites is 1. The largest absolute Gasteiger partial charge is 0.488 e. The zero-order valence-corrected chi connectivity index (χ0v) is 17.5. The molecule has 0 radical (unpaired) electrons. The Morgan fingerprint density at radius 3 is 2.08 bits per heavy atom. The van der Waals surface area contributed by atoms with E-state index < -0.39 is 0 Å². The summed E-state index contributed by atoms with van der Waals surface area (Å²) in [6.45, 7) is 10.9. The van der Waals surface area contributed by atoms with Gasteiger partial charge in [-0.15, -0.1) is 0 Å². The summed E-state index contributed by atoms with van der Waals surface area (Å²) in [4.78, 5) is 0. The Morgan fingerprint density at radius 1 is 0.808 bits per heavy atom. The number of rotatable bonds is 9. The fourth-order valence-electron chi connectivity index (χ4n) is 3.49. The van der Waals surface area contributed by atoms with Gasteiger partial charge in [0.15, 0.2) is 0 Å². The third kappa shape index (κ3) is 5.88. The monoisotopic (exact) mass is 354 g/mol. The van der Waals surface area contributed by atoms with E-state index in [9.17, 15) is 0 Å². The summed E-state index contributed by atoms with van der Waals surface area (Å²) in [7, 11) is 4.60. The van der Waals surface area contributed by atoms with E-state index in [0.717, 1.165) is 29.6 Å². The van der Waals surface area contributed by atoms with Crippen molar-refractivity contribution in [2.24, 2.45) is 11.8 Å². The van der Waals surface area contributed by atoms with Crippen LogP contribution in [0, 0.1) is 11.8 Å². The first-order valence-corrected chi connectivity index (χ1v) is 9.91. The number of benzene rings is 2. The van der Waals surface area contributed by atoms with Crippen LogP contribution in [0.15, 0.2) is 48.5 Å². The van der Waals surface area contributed by atoms with Gasteiger partial charge in [-0.3, -0.25) is 4.48 Å². The highest BCUT2D eigenvalue weighted by molar-refractivity contribution is 5.54. The van der Waals surface area contributed by atoms with Gasteiger partial charge in [-0.1, -0.05) is 58.0 Å². The van der Waals surface area contributed by atoms with Crippen LogP contribution in [0.3, 0.4) is 0 Å². The maximum absolute atomic E-state index is 5.96. The lowest BCUT2D eigenvalue weighted by Gasteiger charge is -2.32. The van der Waals surface area contributed by atoms with Crippen molar-refractivity contribution in [2.45, 2.75) is 40.5 Å². The average molecular weight is 355 g/mol. The molecule has 0 spiro atoms. The quantitative estimate of drug-likeness (QED) is 0.523. The van der Waals surface area contributed by atoms with Crippen LogP contribution >= 0.6 is 0 Å². The van der Waals surface area contributed by atoms with Crippen molar-refractivity contribution in [1.29, 1.82) is 0 Å². The lowest BCUT2D eigenvalue weighted by molar-refractivity contribution is 0.259. The average Bonchev–Trinajstić information content (AvgIpc) is 2.56. The van der Waals surface area contributed by atoms with Crippen LogP contribution in [0.1, 0.15) is 38.8 Å². The fraction of sp³-hybridized carbons (Fsp3) is 0.500. The highest BCUT2D eigenvalue weighted by Crippen LogP contribution is 2.31. The predicted molar refractivity (Wildman–Crippen MR) is 114 cm³/mol. The van der Waals surface area contributed by atoms with E-state index in [1.807, 2.05) is 30.3 Å². The van der Waals surface area contributed by atoms with E-state index in [4.69, 9.17) is 4.74 Å². The van der Waals surface area contributed by atoms with Gasteiger partial charge in [-0.05, 0) is 48.4 Å². The molecule has 0 N–H and O–H groups in total. The molecule has 0 saturated carbocycles. The first-order chi connectivity index (χ1) is 12.3. The zero-order valence-electron chi connectivity index (χ0n) is 17.5. The minimum atomic E-state index is 0.655. The Bertz CT molecular complexity index is 674. The van der Waals surface area contributed by atoms with Crippen molar-refractivity contribution in [3.05, 3.63) is 59.7 Å². The summed E-state index contributed by atoms with van der Waals surface area (Å²) in [5, 5.41) is 0. The Morgan fingerprint density at radius 2 is 1.46 bits per heavy atom. The van der Waals surface area contributed by atoms with Crippen LogP contribution in [-0.2, 0) is 12.8 Å². The van der Waals surface area contributed by atoms with Crippen molar-refractivity contribution >= 4 is 5.69 Å². The summed E-state index contributed by atoms with van der Waals surface area (Å²) in [5.41, 5.74) is 4.50. The molecule has 0 heterocycles. The van der Waals surface area contributed by atoms with E-state index in [1.165, 1.54) is 11.3 Å². The molecule has 0 fully saturated rings. The second kappa shape index (κ2) is 9.23. The molecule has 142 valence electrons. The van der Waals surface area contributed by atoms with Crippen LogP contribution in [-0.4, -0.2) is 27.2 Å². The van der Waals surface area contributed by atoms with Gasteiger partial charge in [-0.2, -0.15) is 0 Å². The maximum atomic E-state index is 5.96. The molecular weight excluding hydrogens is 318 g/mol. The SMILES string of the molecule is CC(C)Cc1cccc([N+](C)(C)CCOc2ccccc2)c1CC(C)C. The van der Waals surface area contributed by atoms with Gasteiger partial charge in [0.25, 0.3) is 0 Å². The number of likely N-dealkylation sites (N-methyl/N-ethyl adjacent to an activating group) is 1. The molecule has 2 heteroatoms. The minimum Gasteiger partial charge on any atom is -0.488 e. The number of nitrogens with zero attached hydrogens (tertiary/aromatic N) is 1. The molecule has 2 rings (SSSR count). The first kappa shape index (κ1) is 20.5. The summed E-state index contributed by atoms with van der Waals surface area (Å²) >= 11 is 0. The summed E-state index contributed by atoms with van der Waals surface area (Å²) in [5.74, 6) is 2.28. The molecule has 0 aromatic heterocycles. The molecule has 2 aromatic carbocycles. The smallest absolute Gasteiger partial charge is 0.137 e. The van der Waals surface area contributed by atoms with Crippen LogP contribution in [0.5, 0.6) is 5.75 Å². The van der Waals surface area contributed by atoms with Crippen molar-refractivity contribution in [3.8, 4) is 5.75 Å². The molecule has 0 aliphatic heterocycles. The van der Waals surface area contributed by atoms with Crippen molar-refractivity contribution in [3.63, 3.8) is 0 Å². The van der Waals surface area contributed by atoms with Gasteiger partial charge in [-0.25, -0.2) is 0 Å². The third-order valence-electron chi connectivity index (χ3n) is 4.80. The molecule has 0 atom stereocenters. The number of quaternary nitrogens is 1. The van der Waals surface area contributed by atoms with Crippen molar-refractivity contribution in [2.75, 3.05) is 27.2 Å². The predicted octanol–water partition coefficient (Wildman–Crippen LogP) is 5.73. The van der Waals surface area contributed by atoms with Gasteiger partial charge in [0.2, 0.25) is 0 Å². The Hall–Kier alpha value is -1.80. The molecule has 0 unspecified atom stereocenters. The van der Waals surface area contributed by atoms with Gasteiger partial charge in [0.05, 0.1) is 14.1 Å². The molecule has 2 aromatic rings. The second-order valence-electron chi connectivity index (χ2n) is 8.68. The van der Waals surface area contributed by atoms with Gasteiger partial charge in [0, 0.05) is 5.56 Å². The van der Waals surface area contributed by atoms with Crippen LogP contribution in [0.2, 0.25) is 0 Å². The minimum absolute atomic E-state index is 0.655. The molecule has 0 bridgehead atoms. The first-order valence-electron chi connectivity index (χ1n) is 9.91. The third-order valence-corrected chi connectivity index (χ3v) is 4.80. The lowest BCUT2D eigenvalue weighted by atomic mass is 9.90. The number of hydrogen-bond acceptors (Lipinski definition) is 1. The maximum Gasteiger partial charge on any atom is 0.137 e. The molecule has 0 saturated heterocycles. The molecular formula is C24H36NO+. The summed E-state index contributed by atoms with van der Waals surface area (Å²) in [6.07, 6.45) is 2.29. The van der Waals surface area contributed by atoms with E-state index in [1.54, 1.807) is 5.56 Å². The number of ether oxygens (including phenoxy) is 1. The molecule has 0 aliphatic carbocycles. The van der Waals surface area contributed by atoms with Gasteiger partial charge < -0.3 is 4.74 Å². The Kier molecular flexibility index (Phi) is 7.28. The van der Waals surface area contributed by atoms with E-state index >= 15 is 0 Å². The standard InChI is InChI=1S/C24H36NO/c1-19(2)17-21-11-10-14-24(23(21)18-20(3)4)25(5,6)15-16-26-22-12-8-7-9-13-22/h7-14,19-20H,15-18H2,1-6H3/q+1. The number of hydrogen-bond donors (Lipinski definition) is 0. The van der Waals surface area contributed by atoms with E-state index in [0.29, 0.717) is 18.4 Å². The lowest BCUT2D eigenvalue weighted by Crippen LogP contribution is -2.44. The molecule has 0 amide bonds. The zero-order chi connectivity index (χ0) is 19.2.